The first-order valence-electron chi connectivity index (χ1n) is 7.04. The minimum absolute atomic E-state index is 0.351. The summed E-state index contributed by atoms with van der Waals surface area (Å²) in [6, 6.07) is 1.84. The Morgan fingerprint density at radius 1 is 1.37 bits per heavy atom. The van der Waals surface area contributed by atoms with Gasteiger partial charge < -0.3 is 14.4 Å². The zero-order valence-corrected chi connectivity index (χ0v) is 11.5. The fraction of sp³-hybridized carbons (Fsp3) is 0.714. The Morgan fingerprint density at radius 3 is 2.84 bits per heavy atom. The van der Waals surface area contributed by atoms with Gasteiger partial charge in [-0.2, -0.15) is 4.98 Å². The normalized spacial score (nSPS) is 21.8. The van der Waals surface area contributed by atoms with Crippen molar-refractivity contribution in [2.24, 2.45) is 5.41 Å². The van der Waals surface area contributed by atoms with Crippen LogP contribution in [0.4, 0.5) is 5.95 Å². The van der Waals surface area contributed by atoms with Crippen molar-refractivity contribution in [1.29, 1.82) is 0 Å². The monoisotopic (exact) mass is 263 g/mol. The molecule has 3 rings (SSSR count). The van der Waals surface area contributed by atoms with Crippen molar-refractivity contribution in [3.05, 3.63) is 12.3 Å². The second-order valence-electron chi connectivity index (χ2n) is 5.75. The van der Waals surface area contributed by atoms with Crippen LogP contribution < -0.4 is 9.64 Å². The average molecular weight is 263 g/mol. The predicted octanol–water partition coefficient (Wildman–Crippen LogP) is 1.88. The van der Waals surface area contributed by atoms with Crippen LogP contribution in [0.2, 0.25) is 0 Å². The maximum absolute atomic E-state index is 5.84. The summed E-state index contributed by atoms with van der Waals surface area (Å²) in [5.41, 5.74) is 0.351. The van der Waals surface area contributed by atoms with Crippen LogP contribution in [0.15, 0.2) is 12.3 Å². The molecule has 19 heavy (non-hydrogen) atoms. The van der Waals surface area contributed by atoms with Crippen LogP contribution in [0, 0.1) is 5.41 Å². The summed E-state index contributed by atoms with van der Waals surface area (Å²) in [6.45, 7) is 6.22. The van der Waals surface area contributed by atoms with E-state index >= 15 is 0 Å². The maximum Gasteiger partial charge on any atom is 0.228 e. The van der Waals surface area contributed by atoms with E-state index in [0.717, 1.165) is 38.9 Å². The van der Waals surface area contributed by atoms with Gasteiger partial charge in [0, 0.05) is 30.8 Å². The van der Waals surface area contributed by atoms with Crippen molar-refractivity contribution in [2.75, 3.05) is 37.8 Å². The van der Waals surface area contributed by atoms with Crippen LogP contribution in [0.25, 0.3) is 0 Å². The number of rotatable bonds is 4. The fourth-order valence-corrected chi connectivity index (χ4v) is 2.50. The van der Waals surface area contributed by atoms with E-state index in [2.05, 4.69) is 21.8 Å². The lowest BCUT2D eigenvalue weighted by atomic mass is 9.71. The third-order valence-electron chi connectivity index (χ3n) is 4.04. The third-order valence-corrected chi connectivity index (χ3v) is 4.04. The van der Waals surface area contributed by atoms with E-state index in [1.165, 1.54) is 19.3 Å². The number of hydrogen-bond donors (Lipinski definition) is 0. The molecule has 1 aliphatic heterocycles. The van der Waals surface area contributed by atoms with Crippen LogP contribution in [0.1, 0.15) is 26.2 Å². The van der Waals surface area contributed by atoms with Crippen molar-refractivity contribution >= 4 is 5.95 Å². The largest absolute Gasteiger partial charge is 0.477 e. The second-order valence-corrected chi connectivity index (χ2v) is 5.75. The lowest BCUT2D eigenvalue weighted by Gasteiger charge is -2.37. The van der Waals surface area contributed by atoms with Crippen molar-refractivity contribution in [2.45, 2.75) is 26.2 Å². The van der Waals surface area contributed by atoms with Gasteiger partial charge in [-0.05, 0) is 12.8 Å². The Morgan fingerprint density at radius 2 is 2.16 bits per heavy atom. The Labute approximate surface area is 113 Å². The van der Waals surface area contributed by atoms with Gasteiger partial charge in [0.25, 0.3) is 0 Å². The predicted molar refractivity (Wildman–Crippen MR) is 72.5 cm³/mol. The molecule has 0 unspecified atom stereocenters. The third kappa shape index (κ3) is 2.97. The summed E-state index contributed by atoms with van der Waals surface area (Å²) < 4.78 is 11.2. The molecular formula is C14H21N3O2. The van der Waals surface area contributed by atoms with Gasteiger partial charge in [0.1, 0.15) is 0 Å². The van der Waals surface area contributed by atoms with Crippen molar-refractivity contribution in [3.63, 3.8) is 0 Å². The van der Waals surface area contributed by atoms with E-state index in [9.17, 15) is 0 Å². The lowest BCUT2D eigenvalue weighted by Crippen LogP contribution is -2.37. The molecule has 1 aliphatic carbocycles. The number of nitrogens with zero attached hydrogens (tertiary/aromatic N) is 3. The van der Waals surface area contributed by atoms with Gasteiger partial charge in [-0.1, -0.05) is 13.3 Å². The zero-order chi connectivity index (χ0) is 13.1. The minimum Gasteiger partial charge on any atom is -0.477 e. The van der Waals surface area contributed by atoms with Gasteiger partial charge in [-0.15, -0.1) is 0 Å². The first kappa shape index (κ1) is 12.7. The molecule has 0 radical (unpaired) electrons. The highest BCUT2D eigenvalue weighted by Crippen LogP contribution is 2.40. The van der Waals surface area contributed by atoms with E-state index in [1.807, 2.05) is 6.07 Å². The maximum atomic E-state index is 5.84. The summed E-state index contributed by atoms with van der Waals surface area (Å²) in [6.07, 6.45) is 5.61. The molecular weight excluding hydrogens is 242 g/mol. The number of morpholine rings is 1. The molecule has 2 heterocycles. The SMILES string of the molecule is CC1(COc2ccnc(N3CCOCC3)n2)CCC1. The zero-order valence-electron chi connectivity index (χ0n) is 11.5. The minimum atomic E-state index is 0.351. The van der Waals surface area contributed by atoms with Crippen LogP contribution in [-0.2, 0) is 4.74 Å². The van der Waals surface area contributed by atoms with E-state index in [-0.39, 0.29) is 0 Å². The molecule has 0 bridgehead atoms. The summed E-state index contributed by atoms with van der Waals surface area (Å²) in [7, 11) is 0. The standard InChI is InChI=1S/C14H21N3O2/c1-14(4-2-5-14)11-19-12-3-6-15-13(16-12)17-7-9-18-10-8-17/h3,6H,2,4-5,7-11H2,1H3. The molecule has 1 aromatic rings. The molecule has 2 aliphatic rings. The quantitative estimate of drug-likeness (QED) is 0.830. The summed E-state index contributed by atoms with van der Waals surface area (Å²) in [5, 5.41) is 0. The number of anilines is 1. The van der Waals surface area contributed by atoms with E-state index < -0.39 is 0 Å². The first-order valence-corrected chi connectivity index (χ1v) is 7.04. The second kappa shape index (κ2) is 5.33. The van der Waals surface area contributed by atoms with E-state index in [1.54, 1.807) is 6.20 Å². The molecule has 0 N–H and O–H groups in total. The van der Waals surface area contributed by atoms with Crippen LogP contribution in [0.5, 0.6) is 5.88 Å². The van der Waals surface area contributed by atoms with Gasteiger partial charge >= 0.3 is 0 Å². The lowest BCUT2D eigenvalue weighted by molar-refractivity contribution is 0.0748. The molecule has 1 aromatic heterocycles. The molecule has 0 aromatic carbocycles. The van der Waals surface area contributed by atoms with Crippen molar-refractivity contribution in [3.8, 4) is 5.88 Å². The average Bonchev–Trinajstić information content (AvgIpc) is 2.44. The molecule has 5 heteroatoms. The summed E-state index contributed by atoms with van der Waals surface area (Å²) in [5.74, 6) is 1.43. The molecule has 2 fully saturated rings. The summed E-state index contributed by atoms with van der Waals surface area (Å²) in [4.78, 5) is 11.0. The molecule has 1 saturated carbocycles. The van der Waals surface area contributed by atoms with Crippen LogP contribution >= 0.6 is 0 Å². The van der Waals surface area contributed by atoms with Crippen LogP contribution in [0.3, 0.4) is 0 Å². The molecule has 0 atom stereocenters. The van der Waals surface area contributed by atoms with E-state index in [0.29, 0.717) is 11.3 Å². The summed E-state index contributed by atoms with van der Waals surface area (Å²) >= 11 is 0. The number of ether oxygens (including phenoxy) is 2. The van der Waals surface area contributed by atoms with E-state index in [4.69, 9.17) is 9.47 Å². The topological polar surface area (TPSA) is 47.5 Å². The molecule has 0 spiro atoms. The molecule has 5 nitrogen and oxygen atoms in total. The highest BCUT2D eigenvalue weighted by Gasteiger charge is 2.32. The van der Waals surface area contributed by atoms with Gasteiger partial charge in [0.2, 0.25) is 11.8 Å². The van der Waals surface area contributed by atoms with Gasteiger partial charge in [-0.3, -0.25) is 0 Å². The van der Waals surface area contributed by atoms with Gasteiger partial charge in [-0.25, -0.2) is 4.98 Å². The smallest absolute Gasteiger partial charge is 0.228 e. The van der Waals surface area contributed by atoms with Gasteiger partial charge in [0.05, 0.1) is 19.8 Å². The first-order chi connectivity index (χ1) is 9.25. The molecule has 104 valence electrons. The molecule has 1 saturated heterocycles. The Hall–Kier alpha value is -1.36. The Balaban J connectivity index is 1.62. The Bertz CT molecular complexity index is 428. The van der Waals surface area contributed by atoms with Crippen molar-refractivity contribution < 1.29 is 9.47 Å². The van der Waals surface area contributed by atoms with Crippen molar-refractivity contribution in [1.82, 2.24) is 9.97 Å². The highest BCUT2D eigenvalue weighted by molar-refractivity contribution is 5.32. The highest BCUT2D eigenvalue weighted by atomic mass is 16.5. The number of aromatic nitrogens is 2. The molecule has 0 amide bonds. The van der Waals surface area contributed by atoms with Gasteiger partial charge in [0.15, 0.2) is 0 Å². The Kier molecular flexibility index (Phi) is 3.55. The van der Waals surface area contributed by atoms with Crippen LogP contribution in [-0.4, -0.2) is 42.9 Å². The fourth-order valence-electron chi connectivity index (χ4n) is 2.50. The number of hydrogen-bond acceptors (Lipinski definition) is 5.